The first-order chi connectivity index (χ1) is 8.25. The van der Waals surface area contributed by atoms with E-state index >= 15 is 0 Å². The van der Waals surface area contributed by atoms with Crippen LogP contribution in [0.2, 0.25) is 0 Å². The molecular formula is C13H11N3O. The molecule has 0 saturated carbocycles. The van der Waals surface area contributed by atoms with Gasteiger partial charge in [0.25, 0.3) is 0 Å². The molecule has 4 heteroatoms. The van der Waals surface area contributed by atoms with Crippen LogP contribution in [-0.2, 0) is 0 Å². The van der Waals surface area contributed by atoms with E-state index in [2.05, 4.69) is 5.10 Å². The van der Waals surface area contributed by atoms with Crippen LogP contribution >= 0.6 is 0 Å². The number of aromatic nitrogens is 3. The number of nitrogens with zero attached hydrogens (tertiary/aromatic N) is 3. The first-order valence-corrected chi connectivity index (χ1v) is 5.40. The van der Waals surface area contributed by atoms with Gasteiger partial charge in [-0.1, -0.05) is 39.9 Å². The zero-order valence-corrected chi connectivity index (χ0v) is 9.37. The van der Waals surface area contributed by atoms with E-state index in [-0.39, 0.29) is 0 Å². The van der Waals surface area contributed by atoms with Crippen molar-refractivity contribution in [3.05, 3.63) is 59.6 Å². The summed E-state index contributed by atoms with van der Waals surface area (Å²) in [6, 6.07) is 13.2. The van der Waals surface area contributed by atoms with Gasteiger partial charge in [-0.15, -0.1) is 0 Å². The summed E-state index contributed by atoms with van der Waals surface area (Å²) in [6.45, 7) is 1.90. The largest absolute Gasteiger partial charge is 0.710 e. The maximum atomic E-state index is 12.1. The van der Waals surface area contributed by atoms with Crippen LogP contribution in [0.4, 0.5) is 0 Å². The Kier molecular flexibility index (Phi) is 2.08. The van der Waals surface area contributed by atoms with E-state index in [9.17, 15) is 5.21 Å². The van der Waals surface area contributed by atoms with Gasteiger partial charge < -0.3 is 5.21 Å². The van der Waals surface area contributed by atoms with Gasteiger partial charge in [0.1, 0.15) is 0 Å². The molecule has 0 unspecified atom stereocenters. The number of fused-ring (bicyclic) bond motifs is 1. The summed E-state index contributed by atoms with van der Waals surface area (Å²) in [5.74, 6) is 0. The lowest BCUT2D eigenvalue weighted by atomic mass is 10.2. The van der Waals surface area contributed by atoms with Crippen LogP contribution in [0.5, 0.6) is 0 Å². The third-order valence-corrected chi connectivity index (χ3v) is 2.71. The molecule has 0 atom stereocenters. The zero-order valence-electron chi connectivity index (χ0n) is 9.37. The van der Waals surface area contributed by atoms with Gasteiger partial charge in [-0.05, 0) is 13.0 Å². The Morgan fingerprint density at radius 2 is 1.88 bits per heavy atom. The lowest BCUT2D eigenvalue weighted by Gasteiger charge is -2.02. The molecule has 17 heavy (non-hydrogen) atoms. The number of benzene rings is 1. The molecule has 0 spiro atoms. The minimum atomic E-state index is 0.537. The molecule has 3 aromatic rings. The minimum Gasteiger partial charge on any atom is -0.710 e. The second-order valence-corrected chi connectivity index (χ2v) is 3.95. The Hall–Kier alpha value is -2.36. The van der Waals surface area contributed by atoms with Gasteiger partial charge in [-0.2, -0.15) is 0 Å². The topological polar surface area (TPSA) is 44.2 Å². The molecule has 2 aromatic heterocycles. The molecule has 0 aliphatic rings. The molecule has 0 bridgehead atoms. The SMILES string of the molecule is Cc1ccc2n(cc(-c3ccccc3)[n+]2[O-])n1. The Morgan fingerprint density at radius 3 is 2.65 bits per heavy atom. The Balaban J connectivity index is 2.28. The quantitative estimate of drug-likeness (QED) is 0.469. The van der Waals surface area contributed by atoms with Crippen LogP contribution in [0.1, 0.15) is 5.69 Å². The average Bonchev–Trinajstić information content (AvgIpc) is 2.67. The Labute approximate surface area is 98.3 Å². The fourth-order valence-electron chi connectivity index (χ4n) is 1.87. The second kappa shape index (κ2) is 3.59. The van der Waals surface area contributed by atoms with E-state index in [0.717, 1.165) is 16.0 Å². The van der Waals surface area contributed by atoms with E-state index in [0.29, 0.717) is 11.3 Å². The molecule has 0 radical (unpaired) electrons. The van der Waals surface area contributed by atoms with Gasteiger partial charge in [0.05, 0.1) is 5.69 Å². The van der Waals surface area contributed by atoms with Gasteiger partial charge in [0.2, 0.25) is 0 Å². The molecule has 0 fully saturated rings. The van der Waals surface area contributed by atoms with Crippen molar-refractivity contribution in [1.29, 1.82) is 0 Å². The van der Waals surface area contributed by atoms with Crippen molar-refractivity contribution in [2.24, 2.45) is 0 Å². The molecule has 0 N–H and O–H groups in total. The molecule has 3 rings (SSSR count). The highest BCUT2D eigenvalue weighted by atomic mass is 16.5. The first-order valence-electron chi connectivity index (χ1n) is 5.40. The Morgan fingerprint density at radius 1 is 1.12 bits per heavy atom. The summed E-state index contributed by atoms with van der Waals surface area (Å²) in [6.07, 6.45) is 1.75. The summed E-state index contributed by atoms with van der Waals surface area (Å²) in [4.78, 5) is 0. The monoisotopic (exact) mass is 225 g/mol. The number of hydrogen-bond acceptors (Lipinski definition) is 2. The first kappa shape index (κ1) is 9.84. The third kappa shape index (κ3) is 1.54. The summed E-state index contributed by atoms with van der Waals surface area (Å²) in [5.41, 5.74) is 2.93. The summed E-state index contributed by atoms with van der Waals surface area (Å²) in [5, 5.41) is 16.4. The van der Waals surface area contributed by atoms with E-state index in [1.54, 1.807) is 16.8 Å². The highest BCUT2D eigenvalue weighted by Crippen LogP contribution is 2.16. The maximum Gasteiger partial charge on any atom is 0.310 e. The summed E-state index contributed by atoms with van der Waals surface area (Å²) < 4.78 is 2.52. The number of imidazole rings is 1. The van der Waals surface area contributed by atoms with Gasteiger partial charge >= 0.3 is 5.65 Å². The molecule has 0 aliphatic heterocycles. The molecule has 84 valence electrons. The predicted molar refractivity (Wildman–Crippen MR) is 64.3 cm³/mol. The minimum absolute atomic E-state index is 0.537. The molecule has 2 heterocycles. The molecule has 4 nitrogen and oxygen atoms in total. The summed E-state index contributed by atoms with van der Waals surface area (Å²) in [7, 11) is 0. The zero-order chi connectivity index (χ0) is 11.8. The van der Waals surface area contributed by atoms with E-state index in [1.807, 2.05) is 43.3 Å². The average molecular weight is 225 g/mol. The van der Waals surface area contributed by atoms with Crippen molar-refractivity contribution in [2.45, 2.75) is 6.92 Å². The smallest absolute Gasteiger partial charge is 0.310 e. The fraction of sp³-hybridized carbons (Fsp3) is 0.0769. The van der Waals surface area contributed by atoms with Crippen molar-refractivity contribution in [3.63, 3.8) is 0 Å². The predicted octanol–water partition coefficient (Wildman–Crippen LogP) is 1.94. The van der Waals surface area contributed by atoms with Crippen LogP contribution in [0.3, 0.4) is 0 Å². The van der Waals surface area contributed by atoms with Crippen LogP contribution < -0.4 is 4.73 Å². The number of rotatable bonds is 1. The van der Waals surface area contributed by atoms with E-state index < -0.39 is 0 Å². The van der Waals surface area contributed by atoms with E-state index in [1.165, 1.54) is 0 Å². The van der Waals surface area contributed by atoms with Gasteiger partial charge in [-0.25, -0.2) is 4.73 Å². The number of aryl methyl sites for hydroxylation is 1. The molecule has 0 amide bonds. The van der Waals surface area contributed by atoms with Gasteiger partial charge in [-0.3, -0.25) is 0 Å². The van der Waals surface area contributed by atoms with Crippen LogP contribution in [0.25, 0.3) is 16.9 Å². The van der Waals surface area contributed by atoms with Crippen LogP contribution in [0.15, 0.2) is 48.7 Å². The standard InChI is InChI=1S/C13H11N3O/c1-10-7-8-13-15(14-10)9-12(16(13)17)11-5-3-2-4-6-11/h2-9H,1H3. The second-order valence-electron chi connectivity index (χ2n) is 3.95. The summed E-state index contributed by atoms with van der Waals surface area (Å²) >= 11 is 0. The van der Waals surface area contributed by atoms with Gasteiger partial charge in [0.15, 0.2) is 11.9 Å². The van der Waals surface area contributed by atoms with Crippen molar-refractivity contribution < 1.29 is 4.73 Å². The molecule has 0 aliphatic carbocycles. The Bertz CT molecular complexity index is 674. The van der Waals surface area contributed by atoms with Crippen molar-refractivity contribution in [2.75, 3.05) is 0 Å². The highest BCUT2D eigenvalue weighted by Gasteiger charge is 2.14. The maximum absolute atomic E-state index is 12.1. The van der Waals surface area contributed by atoms with E-state index in [4.69, 9.17) is 0 Å². The third-order valence-electron chi connectivity index (χ3n) is 2.71. The molecule has 0 saturated heterocycles. The molecular weight excluding hydrogens is 214 g/mol. The number of hydrogen-bond donors (Lipinski definition) is 0. The normalized spacial score (nSPS) is 10.9. The van der Waals surface area contributed by atoms with Crippen LogP contribution in [0, 0.1) is 12.1 Å². The lowest BCUT2D eigenvalue weighted by Crippen LogP contribution is -2.27. The lowest BCUT2D eigenvalue weighted by molar-refractivity contribution is -0.564. The van der Waals surface area contributed by atoms with Crippen molar-refractivity contribution in [1.82, 2.24) is 9.61 Å². The molecule has 1 aromatic carbocycles. The van der Waals surface area contributed by atoms with Crippen molar-refractivity contribution in [3.8, 4) is 11.3 Å². The fourth-order valence-corrected chi connectivity index (χ4v) is 1.87. The van der Waals surface area contributed by atoms with Gasteiger partial charge in [0, 0.05) is 11.6 Å². The van der Waals surface area contributed by atoms with Crippen LogP contribution in [-0.4, -0.2) is 9.61 Å². The van der Waals surface area contributed by atoms with Crippen molar-refractivity contribution >= 4 is 5.65 Å². The highest BCUT2D eigenvalue weighted by molar-refractivity contribution is 5.57.